The Balaban J connectivity index is 2.08. The lowest BCUT2D eigenvalue weighted by molar-refractivity contribution is 0.0739. The number of rotatable bonds is 6. The van der Waals surface area contributed by atoms with Crippen molar-refractivity contribution in [2.45, 2.75) is 26.7 Å². The summed E-state index contributed by atoms with van der Waals surface area (Å²) >= 11 is 1.35. The molecule has 1 heterocycles. The molecule has 1 aromatic heterocycles. The van der Waals surface area contributed by atoms with Crippen molar-refractivity contribution in [2.75, 3.05) is 11.0 Å². The highest BCUT2D eigenvalue weighted by molar-refractivity contribution is 7.92. The van der Waals surface area contributed by atoms with Crippen LogP contribution in [0.15, 0.2) is 24.3 Å². The maximum Gasteiger partial charge on any atom is 0.355 e. The monoisotopic (exact) mass is 354 g/mol. The number of aromatic nitrogens is 1. The van der Waals surface area contributed by atoms with Crippen LogP contribution in [0, 0.1) is 6.92 Å². The molecular formula is C15H18N2O4S2. The standard InChI is InChI=1S/C15H18N2O4S2/c1-4-5-13-16-10(2)14(22-13)15(18)21-12-8-6-11(7-9-12)17-23(3,19)20/h6-9,17H,4-5H2,1-3H3. The summed E-state index contributed by atoms with van der Waals surface area (Å²) in [7, 11) is -3.33. The maximum atomic E-state index is 12.2. The Morgan fingerprint density at radius 1 is 1.30 bits per heavy atom. The number of esters is 1. The van der Waals surface area contributed by atoms with Gasteiger partial charge in [0.15, 0.2) is 0 Å². The number of hydrogen-bond acceptors (Lipinski definition) is 6. The highest BCUT2D eigenvalue weighted by Gasteiger charge is 2.17. The Morgan fingerprint density at radius 2 is 1.96 bits per heavy atom. The van der Waals surface area contributed by atoms with Gasteiger partial charge >= 0.3 is 5.97 Å². The first-order valence-corrected chi connectivity index (χ1v) is 9.75. The maximum absolute atomic E-state index is 12.2. The van der Waals surface area contributed by atoms with Crippen molar-refractivity contribution in [2.24, 2.45) is 0 Å². The molecule has 6 nitrogen and oxygen atoms in total. The van der Waals surface area contributed by atoms with Gasteiger partial charge in [-0.2, -0.15) is 0 Å². The van der Waals surface area contributed by atoms with Crippen molar-refractivity contribution in [3.63, 3.8) is 0 Å². The Hall–Kier alpha value is -1.93. The van der Waals surface area contributed by atoms with E-state index in [1.807, 2.05) is 0 Å². The first kappa shape index (κ1) is 17.4. The molecule has 2 rings (SSSR count). The third-order valence-electron chi connectivity index (χ3n) is 2.86. The summed E-state index contributed by atoms with van der Waals surface area (Å²) < 4.78 is 29.9. The fourth-order valence-corrected chi connectivity index (χ4v) is 3.53. The van der Waals surface area contributed by atoms with Crippen LogP contribution >= 0.6 is 11.3 Å². The molecule has 0 spiro atoms. The van der Waals surface area contributed by atoms with Gasteiger partial charge in [0.05, 0.1) is 17.0 Å². The van der Waals surface area contributed by atoms with Crippen molar-refractivity contribution < 1.29 is 17.9 Å². The van der Waals surface area contributed by atoms with Crippen LogP contribution in [-0.2, 0) is 16.4 Å². The van der Waals surface area contributed by atoms with Gasteiger partial charge in [-0.1, -0.05) is 6.92 Å². The third kappa shape index (κ3) is 5.04. The van der Waals surface area contributed by atoms with Gasteiger partial charge in [0.1, 0.15) is 10.6 Å². The minimum atomic E-state index is -3.33. The van der Waals surface area contributed by atoms with E-state index in [0.717, 1.165) is 24.1 Å². The number of thiazole rings is 1. The smallest absolute Gasteiger partial charge is 0.355 e. The lowest BCUT2D eigenvalue weighted by Gasteiger charge is -2.06. The zero-order valence-corrected chi connectivity index (χ0v) is 14.8. The number of carbonyl (C=O) groups excluding carboxylic acids is 1. The SMILES string of the molecule is CCCc1nc(C)c(C(=O)Oc2ccc(NS(C)(=O)=O)cc2)s1. The molecular weight excluding hydrogens is 336 g/mol. The van der Waals surface area contributed by atoms with Crippen LogP contribution in [0.1, 0.15) is 33.7 Å². The van der Waals surface area contributed by atoms with Crippen LogP contribution in [0.5, 0.6) is 5.75 Å². The molecule has 0 aliphatic heterocycles. The van der Waals surface area contributed by atoms with E-state index in [1.54, 1.807) is 6.92 Å². The number of aryl methyl sites for hydroxylation is 2. The number of anilines is 1. The van der Waals surface area contributed by atoms with Crippen LogP contribution in [-0.4, -0.2) is 25.6 Å². The van der Waals surface area contributed by atoms with Crippen LogP contribution in [0.2, 0.25) is 0 Å². The summed E-state index contributed by atoms with van der Waals surface area (Å²) in [6.45, 7) is 3.84. The third-order valence-corrected chi connectivity index (χ3v) is 4.66. The second-order valence-corrected chi connectivity index (χ2v) is 7.89. The highest BCUT2D eigenvalue weighted by atomic mass is 32.2. The van der Waals surface area contributed by atoms with Gasteiger partial charge in [-0.25, -0.2) is 18.2 Å². The molecule has 0 aliphatic rings. The Bertz CT molecular complexity index is 795. The summed E-state index contributed by atoms with van der Waals surface area (Å²) in [5.41, 5.74) is 1.07. The number of benzene rings is 1. The number of carbonyl (C=O) groups is 1. The van der Waals surface area contributed by atoms with Gasteiger partial charge in [-0.05, 0) is 44.0 Å². The normalized spacial score (nSPS) is 11.3. The van der Waals surface area contributed by atoms with Crippen molar-refractivity contribution in [1.29, 1.82) is 0 Å². The van der Waals surface area contributed by atoms with Crippen LogP contribution in [0.25, 0.3) is 0 Å². The van der Waals surface area contributed by atoms with Crippen molar-refractivity contribution in [3.05, 3.63) is 39.8 Å². The molecule has 124 valence electrons. The second kappa shape index (κ2) is 7.10. The minimum Gasteiger partial charge on any atom is -0.422 e. The van der Waals surface area contributed by atoms with E-state index in [9.17, 15) is 13.2 Å². The van der Waals surface area contributed by atoms with Gasteiger partial charge in [-0.3, -0.25) is 4.72 Å². The number of nitrogens with one attached hydrogen (secondary N) is 1. The molecule has 0 saturated heterocycles. The van der Waals surface area contributed by atoms with E-state index in [0.29, 0.717) is 22.0 Å². The fraction of sp³-hybridized carbons (Fsp3) is 0.333. The van der Waals surface area contributed by atoms with E-state index in [4.69, 9.17) is 4.74 Å². The average molecular weight is 354 g/mol. The Labute approximate surface area is 139 Å². The molecule has 2 aromatic rings. The van der Waals surface area contributed by atoms with Gasteiger partial charge in [0, 0.05) is 5.69 Å². The molecule has 1 N–H and O–H groups in total. The zero-order chi connectivity index (χ0) is 17.0. The van der Waals surface area contributed by atoms with Gasteiger partial charge in [-0.15, -0.1) is 11.3 Å². The first-order valence-electron chi connectivity index (χ1n) is 7.05. The molecule has 0 unspecified atom stereocenters. The molecule has 8 heteroatoms. The molecule has 0 radical (unpaired) electrons. The summed E-state index contributed by atoms with van der Waals surface area (Å²) in [5, 5.41) is 0.921. The van der Waals surface area contributed by atoms with E-state index in [2.05, 4.69) is 16.6 Å². The molecule has 0 amide bonds. The van der Waals surface area contributed by atoms with E-state index < -0.39 is 16.0 Å². The Kier molecular flexibility index (Phi) is 5.38. The van der Waals surface area contributed by atoms with Gasteiger partial charge < -0.3 is 4.74 Å². The van der Waals surface area contributed by atoms with Crippen LogP contribution in [0.4, 0.5) is 5.69 Å². The number of nitrogens with zero attached hydrogens (tertiary/aromatic N) is 1. The summed E-state index contributed by atoms with van der Waals surface area (Å²) in [4.78, 5) is 17.1. The van der Waals surface area contributed by atoms with E-state index >= 15 is 0 Å². The van der Waals surface area contributed by atoms with Crippen molar-refractivity contribution >= 4 is 33.0 Å². The largest absolute Gasteiger partial charge is 0.422 e. The van der Waals surface area contributed by atoms with Gasteiger partial charge in [0.25, 0.3) is 0 Å². The number of sulfonamides is 1. The first-order chi connectivity index (χ1) is 10.8. The van der Waals surface area contributed by atoms with E-state index in [1.165, 1.54) is 35.6 Å². The minimum absolute atomic E-state index is 0.346. The second-order valence-electron chi connectivity index (χ2n) is 5.06. The molecule has 0 aliphatic carbocycles. The van der Waals surface area contributed by atoms with Crippen molar-refractivity contribution in [1.82, 2.24) is 4.98 Å². The lowest BCUT2D eigenvalue weighted by Crippen LogP contribution is -2.10. The predicted octanol–water partition coefficient (Wildman–Crippen LogP) is 2.99. The molecule has 23 heavy (non-hydrogen) atoms. The zero-order valence-electron chi connectivity index (χ0n) is 13.1. The summed E-state index contributed by atoms with van der Waals surface area (Å²) in [5.74, 6) is -0.106. The quantitative estimate of drug-likeness (QED) is 0.637. The molecule has 0 saturated carbocycles. The fourth-order valence-electron chi connectivity index (χ4n) is 1.92. The highest BCUT2D eigenvalue weighted by Crippen LogP contribution is 2.23. The van der Waals surface area contributed by atoms with E-state index in [-0.39, 0.29) is 0 Å². The number of hydrogen-bond donors (Lipinski definition) is 1. The number of ether oxygens (including phenoxy) is 1. The molecule has 0 atom stereocenters. The average Bonchev–Trinajstić information content (AvgIpc) is 2.81. The summed E-state index contributed by atoms with van der Waals surface area (Å²) in [6.07, 6.45) is 2.88. The lowest BCUT2D eigenvalue weighted by atomic mass is 10.3. The molecule has 1 aromatic carbocycles. The summed E-state index contributed by atoms with van der Waals surface area (Å²) in [6, 6.07) is 6.14. The van der Waals surface area contributed by atoms with Crippen LogP contribution < -0.4 is 9.46 Å². The predicted molar refractivity (Wildman–Crippen MR) is 90.7 cm³/mol. The van der Waals surface area contributed by atoms with Crippen molar-refractivity contribution in [3.8, 4) is 5.75 Å². The molecule has 0 fully saturated rings. The van der Waals surface area contributed by atoms with Crippen LogP contribution in [0.3, 0.4) is 0 Å². The van der Waals surface area contributed by atoms with Gasteiger partial charge in [0.2, 0.25) is 10.0 Å². The topological polar surface area (TPSA) is 85.4 Å². The molecule has 0 bridgehead atoms. The Morgan fingerprint density at radius 3 is 2.52 bits per heavy atom.